The molecule has 0 radical (unpaired) electrons. The third-order valence-electron chi connectivity index (χ3n) is 2.51. The quantitative estimate of drug-likeness (QED) is 0.397. The molecule has 8 heteroatoms. The van der Waals surface area contributed by atoms with E-state index in [4.69, 9.17) is 0 Å². The molecule has 0 spiro atoms. The van der Waals surface area contributed by atoms with Gasteiger partial charge in [0.05, 0.1) is 24.6 Å². The summed E-state index contributed by atoms with van der Waals surface area (Å²) < 4.78 is 4.33. The minimum atomic E-state index is -1.50. The molecule has 8 nitrogen and oxygen atoms in total. The van der Waals surface area contributed by atoms with Crippen LogP contribution in [0.25, 0.3) is 0 Å². The highest BCUT2D eigenvalue weighted by Gasteiger charge is 2.24. The minimum Gasteiger partial charge on any atom is -0.502 e. The molecule has 0 aliphatic heterocycles. The molecule has 0 aliphatic carbocycles. The second-order valence-corrected chi connectivity index (χ2v) is 3.80. The van der Waals surface area contributed by atoms with Crippen molar-refractivity contribution >= 4 is 11.7 Å². The van der Waals surface area contributed by atoms with Crippen molar-refractivity contribution in [2.24, 2.45) is 0 Å². The summed E-state index contributed by atoms with van der Waals surface area (Å²) in [5.74, 6) is -1.27. The lowest BCUT2D eigenvalue weighted by molar-refractivity contribution is -0.386. The lowest BCUT2D eigenvalue weighted by atomic mass is 10.0. The molecule has 3 N–H and O–H groups in total. The molecule has 104 valence electrons. The summed E-state index contributed by atoms with van der Waals surface area (Å²) in [5, 5.41) is 39.2. The van der Waals surface area contributed by atoms with Gasteiger partial charge in [-0.2, -0.15) is 0 Å². The van der Waals surface area contributed by atoms with Crippen molar-refractivity contribution in [1.82, 2.24) is 0 Å². The molecule has 0 fully saturated rings. The van der Waals surface area contributed by atoms with E-state index in [2.05, 4.69) is 4.74 Å². The zero-order valence-corrected chi connectivity index (χ0v) is 10.0. The summed E-state index contributed by atoms with van der Waals surface area (Å²) in [6.45, 7) is 0. The monoisotopic (exact) mass is 271 g/mol. The second kappa shape index (κ2) is 6.12. The summed E-state index contributed by atoms with van der Waals surface area (Å²) in [4.78, 5) is 20.7. The number of rotatable bonds is 5. The van der Waals surface area contributed by atoms with Crippen LogP contribution in [0.5, 0.6) is 5.75 Å². The van der Waals surface area contributed by atoms with Crippen LogP contribution in [0.4, 0.5) is 5.69 Å². The second-order valence-electron chi connectivity index (χ2n) is 3.80. The van der Waals surface area contributed by atoms with Crippen LogP contribution in [0, 0.1) is 10.1 Å². The van der Waals surface area contributed by atoms with Gasteiger partial charge in [0, 0.05) is 6.07 Å². The number of aromatic hydroxyl groups is 1. The Kier molecular flexibility index (Phi) is 4.79. The van der Waals surface area contributed by atoms with E-state index in [1.54, 1.807) is 0 Å². The fourth-order valence-corrected chi connectivity index (χ4v) is 1.46. The number of aliphatic hydroxyl groups is 2. The Bertz CT molecular complexity index is 488. The predicted octanol–water partition coefficient (Wildman–Crippen LogP) is 0.258. The maximum atomic E-state index is 10.9. The molecule has 0 saturated heterocycles. The van der Waals surface area contributed by atoms with Gasteiger partial charge >= 0.3 is 11.7 Å². The molecule has 19 heavy (non-hydrogen) atoms. The number of aliphatic hydroxyl groups excluding tert-OH is 2. The topological polar surface area (TPSA) is 130 Å². The summed E-state index contributed by atoms with van der Waals surface area (Å²) in [6.07, 6.45) is -3.42. The number of hydrogen-bond donors (Lipinski definition) is 3. The first-order chi connectivity index (χ1) is 8.86. The number of esters is 1. The number of carbonyl (C=O) groups excluding carboxylic acids is 1. The van der Waals surface area contributed by atoms with Crippen molar-refractivity contribution < 1.29 is 29.8 Å². The van der Waals surface area contributed by atoms with Gasteiger partial charge in [0.25, 0.3) is 0 Å². The van der Waals surface area contributed by atoms with Gasteiger partial charge in [0.15, 0.2) is 5.75 Å². The normalized spacial score (nSPS) is 13.6. The number of phenols is 1. The molecular formula is C11H13NO7. The predicted molar refractivity (Wildman–Crippen MR) is 62.4 cm³/mol. The summed E-state index contributed by atoms with van der Waals surface area (Å²) in [5.41, 5.74) is -0.581. The zero-order valence-electron chi connectivity index (χ0n) is 10.0. The average molecular weight is 271 g/mol. The molecule has 2 atom stereocenters. The SMILES string of the molecule is COC(=O)CC(O)C(O)c1ccc(O)c([N+](=O)[O-])c1. The van der Waals surface area contributed by atoms with Crippen LogP contribution in [0.2, 0.25) is 0 Å². The van der Waals surface area contributed by atoms with Gasteiger partial charge in [-0.25, -0.2) is 0 Å². The fraction of sp³-hybridized carbons (Fsp3) is 0.364. The molecular weight excluding hydrogens is 258 g/mol. The van der Waals surface area contributed by atoms with Crippen molar-refractivity contribution in [3.63, 3.8) is 0 Å². The number of nitrogens with zero attached hydrogens (tertiary/aromatic N) is 1. The van der Waals surface area contributed by atoms with Gasteiger partial charge in [0.2, 0.25) is 0 Å². The Morgan fingerprint density at radius 1 is 1.47 bits per heavy atom. The number of nitro groups is 1. The number of hydrogen-bond acceptors (Lipinski definition) is 7. The van der Waals surface area contributed by atoms with Crippen molar-refractivity contribution in [3.8, 4) is 5.75 Å². The van der Waals surface area contributed by atoms with Gasteiger partial charge < -0.3 is 20.1 Å². The lowest BCUT2D eigenvalue weighted by Crippen LogP contribution is -2.22. The Morgan fingerprint density at radius 3 is 2.63 bits per heavy atom. The van der Waals surface area contributed by atoms with Gasteiger partial charge in [-0.15, -0.1) is 0 Å². The molecule has 0 bridgehead atoms. The lowest BCUT2D eigenvalue weighted by Gasteiger charge is -2.17. The number of benzene rings is 1. The Hall–Kier alpha value is -2.19. The van der Waals surface area contributed by atoms with E-state index in [0.29, 0.717) is 0 Å². The third kappa shape index (κ3) is 3.63. The number of ether oxygens (including phenoxy) is 1. The van der Waals surface area contributed by atoms with Crippen LogP contribution in [0.3, 0.4) is 0 Å². The maximum Gasteiger partial charge on any atom is 0.311 e. The average Bonchev–Trinajstić information content (AvgIpc) is 2.37. The number of phenolic OH excluding ortho intramolecular Hbond substituents is 1. The largest absolute Gasteiger partial charge is 0.502 e. The van der Waals surface area contributed by atoms with Crippen molar-refractivity contribution in [2.45, 2.75) is 18.6 Å². The highest BCUT2D eigenvalue weighted by molar-refractivity contribution is 5.69. The molecule has 0 amide bonds. The number of nitro benzene ring substituents is 1. The van der Waals surface area contributed by atoms with Gasteiger partial charge in [0.1, 0.15) is 6.10 Å². The van der Waals surface area contributed by atoms with Crippen LogP contribution in [0.1, 0.15) is 18.1 Å². The standard InChI is InChI=1S/C11H13NO7/c1-19-10(15)5-9(14)11(16)6-2-3-8(13)7(4-6)12(17)18/h2-4,9,11,13-14,16H,5H2,1H3. The van der Waals surface area contributed by atoms with E-state index < -0.39 is 41.0 Å². The molecule has 1 aromatic rings. The van der Waals surface area contributed by atoms with E-state index in [0.717, 1.165) is 19.2 Å². The van der Waals surface area contributed by atoms with Crippen LogP contribution in [-0.4, -0.2) is 39.4 Å². The Morgan fingerprint density at radius 2 is 2.11 bits per heavy atom. The molecule has 1 aromatic carbocycles. The smallest absolute Gasteiger partial charge is 0.311 e. The first kappa shape index (κ1) is 14.9. The van der Waals surface area contributed by atoms with Crippen molar-refractivity contribution in [1.29, 1.82) is 0 Å². The first-order valence-electron chi connectivity index (χ1n) is 5.27. The maximum absolute atomic E-state index is 10.9. The van der Waals surface area contributed by atoms with E-state index in [-0.39, 0.29) is 5.56 Å². The highest BCUT2D eigenvalue weighted by Crippen LogP contribution is 2.30. The zero-order chi connectivity index (χ0) is 14.6. The molecule has 1 rings (SSSR count). The van der Waals surface area contributed by atoms with Gasteiger partial charge in [-0.05, 0) is 11.6 Å². The molecule has 0 saturated carbocycles. The molecule has 0 aliphatic rings. The van der Waals surface area contributed by atoms with E-state index in [9.17, 15) is 30.2 Å². The third-order valence-corrected chi connectivity index (χ3v) is 2.51. The van der Waals surface area contributed by atoms with Crippen LogP contribution >= 0.6 is 0 Å². The highest BCUT2D eigenvalue weighted by atomic mass is 16.6. The summed E-state index contributed by atoms with van der Waals surface area (Å²) in [6, 6.07) is 3.18. The number of carbonyl (C=O) groups is 1. The Labute approximate surface area is 108 Å². The van der Waals surface area contributed by atoms with E-state index >= 15 is 0 Å². The van der Waals surface area contributed by atoms with E-state index in [1.807, 2.05) is 0 Å². The van der Waals surface area contributed by atoms with Crippen LogP contribution in [-0.2, 0) is 9.53 Å². The van der Waals surface area contributed by atoms with Crippen LogP contribution in [0.15, 0.2) is 18.2 Å². The number of methoxy groups -OCH3 is 1. The molecule has 0 heterocycles. The van der Waals surface area contributed by atoms with Crippen LogP contribution < -0.4 is 0 Å². The Balaban J connectivity index is 2.93. The molecule has 2 unspecified atom stereocenters. The van der Waals surface area contributed by atoms with Crippen molar-refractivity contribution in [2.75, 3.05) is 7.11 Å². The van der Waals surface area contributed by atoms with E-state index in [1.165, 1.54) is 6.07 Å². The van der Waals surface area contributed by atoms with Gasteiger partial charge in [-0.1, -0.05) is 6.07 Å². The van der Waals surface area contributed by atoms with Crippen molar-refractivity contribution in [3.05, 3.63) is 33.9 Å². The summed E-state index contributed by atoms with van der Waals surface area (Å²) in [7, 11) is 1.13. The summed E-state index contributed by atoms with van der Waals surface area (Å²) >= 11 is 0. The molecule has 0 aromatic heterocycles. The fourth-order valence-electron chi connectivity index (χ4n) is 1.46. The first-order valence-corrected chi connectivity index (χ1v) is 5.27. The van der Waals surface area contributed by atoms with Gasteiger partial charge in [-0.3, -0.25) is 14.9 Å². The minimum absolute atomic E-state index is 0.0147.